The quantitative estimate of drug-likeness (QED) is 0.254. The Morgan fingerprint density at radius 2 is 1.68 bits per heavy atom. The largest absolute Gasteiger partial charge is 0.492 e. The summed E-state index contributed by atoms with van der Waals surface area (Å²) in [5.41, 5.74) is -0.211. The fourth-order valence-electron chi connectivity index (χ4n) is 3.11. The molecule has 3 aromatic rings. The smallest absolute Gasteiger partial charge is 0.414 e. The summed E-state index contributed by atoms with van der Waals surface area (Å²) < 4.78 is 43.2. The molecule has 12 nitrogen and oxygen atoms in total. The first kappa shape index (κ1) is 30.3. The summed E-state index contributed by atoms with van der Waals surface area (Å²) >= 11 is 6.12. The molecule has 3 amide bonds. The number of pyridine rings is 1. The van der Waals surface area contributed by atoms with Crippen LogP contribution in [0.1, 0.15) is 27.6 Å². The Morgan fingerprint density at radius 1 is 0.925 bits per heavy atom. The summed E-state index contributed by atoms with van der Waals surface area (Å²) in [7, 11) is -4.38. The van der Waals surface area contributed by atoms with Crippen molar-refractivity contribution in [1.29, 1.82) is 0 Å². The van der Waals surface area contributed by atoms with Gasteiger partial charge in [0.25, 0.3) is 21.8 Å². The van der Waals surface area contributed by atoms with Crippen LogP contribution in [0.4, 0.5) is 4.79 Å². The molecule has 0 radical (unpaired) electrons. The monoisotopic (exact) mass is 590 g/mol. The van der Waals surface area contributed by atoms with Gasteiger partial charge >= 0.3 is 6.09 Å². The number of hydrogen-bond donors (Lipinski definition) is 3. The van der Waals surface area contributed by atoms with Crippen LogP contribution < -0.4 is 24.8 Å². The van der Waals surface area contributed by atoms with E-state index in [4.69, 9.17) is 25.8 Å². The Hall–Kier alpha value is -4.20. The Kier molecular flexibility index (Phi) is 11.2. The van der Waals surface area contributed by atoms with Gasteiger partial charge in [0.15, 0.2) is 0 Å². The molecule has 3 rings (SSSR count). The van der Waals surface area contributed by atoms with Gasteiger partial charge in [0.1, 0.15) is 12.4 Å². The third-order valence-corrected chi connectivity index (χ3v) is 6.69. The molecule has 0 aliphatic rings. The van der Waals surface area contributed by atoms with E-state index < -0.39 is 27.9 Å². The number of rotatable bonds is 13. The van der Waals surface area contributed by atoms with Gasteiger partial charge in [-0.05, 0) is 43.3 Å². The fraction of sp³-hybridized carbons (Fsp3) is 0.231. The highest BCUT2D eigenvalue weighted by Crippen LogP contribution is 2.21. The predicted molar refractivity (Wildman–Crippen MR) is 145 cm³/mol. The van der Waals surface area contributed by atoms with E-state index in [-0.39, 0.29) is 46.6 Å². The number of halogens is 1. The highest BCUT2D eigenvalue weighted by molar-refractivity contribution is 7.90. The van der Waals surface area contributed by atoms with Crippen molar-refractivity contribution in [2.75, 3.05) is 32.9 Å². The van der Waals surface area contributed by atoms with Crippen LogP contribution >= 0.6 is 11.6 Å². The molecule has 14 heteroatoms. The van der Waals surface area contributed by atoms with Crippen LogP contribution in [0.25, 0.3) is 0 Å². The van der Waals surface area contributed by atoms with Crippen molar-refractivity contribution in [3.63, 3.8) is 0 Å². The normalized spacial score (nSPS) is 10.8. The molecular formula is C26H27ClN4O8S. The topological polar surface area (TPSA) is 162 Å². The number of carbonyl (C=O) groups excluding carboxylic acids is 3. The molecule has 0 bridgehead atoms. The molecular weight excluding hydrogens is 564 g/mol. The van der Waals surface area contributed by atoms with E-state index in [1.54, 1.807) is 12.1 Å². The number of aromatic nitrogens is 1. The first-order valence-electron chi connectivity index (χ1n) is 12.0. The molecule has 40 heavy (non-hydrogen) atoms. The maximum Gasteiger partial charge on any atom is 0.414 e. The molecule has 0 aliphatic carbocycles. The maximum atomic E-state index is 12.8. The van der Waals surface area contributed by atoms with Gasteiger partial charge in [0.2, 0.25) is 5.88 Å². The summed E-state index contributed by atoms with van der Waals surface area (Å²) in [6.45, 7) is 3.20. The standard InChI is InChI=1S/C26H27ClN4O8S/c1-2-37-14-12-29-26(34)39-23-11-8-18(17-30-23)24(32)31-40(35,36)20-9-10-22(27)21(16-20)25(33)28-13-15-38-19-6-4-3-5-7-19/h3-11,16-17H,2,12-15H2,1H3,(H,28,33)(H,29,34)(H,31,32). The SMILES string of the molecule is CCOCCNC(=O)Oc1ccc(C(=O)NS(=O)(=O)c2ccc(Cl)c(C(=O)NCCOc3ccccc3)c2)cn1. The zero-order valence-corrected chi connectivity index (χ0v) is 23.0. The first-order valence-corrected chi connectivity index (χ1v) is 13.9. The second-order valence-electron chi connectivity index (χ2n) is 7.89. The molecule has 0 atom stereocenters. The summed E-state index contributed by atoms with van der Waals surface area (Å²) in [5, 5.41) is 5.09. The highest BCUT2D eigenvalue weighted by Gasteiger charge is 2.22. The van der Waals surface area contributed by atoms with Gasteiger partial charge < -0.3 is 24.8 Å². The number of nitrogens with one attached hydrogen (secondary N) is 3. The molecule has 1 aromatic heterocycles. The number of para-hydroxylation sites is 1. The zero-order valence-electron chi connectivity index (χ0n) is 21.4. The van der Waals surface area contributed by atoms with Crippen LogP contribution in [0.2, 0.25) is 5.02 Å². The van der Waals surface area contributed by atoms with Crippen LogP contribution in [0, 0.1) is 0 Å². The lowest BCUT2D eigenvalue weighted by Gasteiger charge is -2.11. The van der Waals surface area contributed by atoms with Crippen molar-refractivity contribution in [2.45, 2.75) is 11.8 Å². The predicted octanol–water partition coefficient (Wildman–Crippen LogP) is 2.79. The number of nitrogens with zero attached hydrogens (tertiary/aromatic N) is 1. The van der Waals surface area contributed by atoms with Crippen molar-refractivity contribution in [1.82, 2.24) is 20.3 Å². The van der Waals surface area contributed by atoms with Gasteiger partial charge in [-0.15, -0.1) is 0 Å². The van der Waals surface area contributed by atoms with Crippen LogP contribution in [0.3, 0.4) is 0 Å². The maximum absolute atomic E-state index is 12.8. The molecule has 3 N–H and O–H groups in total. The lowest BCUT2D eigenvalue weighted by molar-refractivity contribution is 0.0945. The highest BCUT2D eigenvalue weighted by atomic mass is 35.5. The summed E-state index contributed by atoms with van der Waals surface area (Å²) in [6.07, 6.45) is 0.282. The molecule has 0 spiro atoms. The summed E-state index contributed by atoms with van der Waals surface area (Å²) in [6, 6.07) is 14.9. The van der Waals surface area contributed by atoms with Gasteiger partial charge in [-0.3, -0.25) is 9.59 Å². The number of hydrogen-bond acceptors (Lipinski definition) is 9. The lowest BCUT2D eigenvalue weighted by Crippen LogP contribution is -2.32. The van der Waals surface area contributed by atoms with Crippen molar-refractivity contribution >= 4 is 39.5 Å². The third-order valence-electron chi connectivity index (χ3n) is 5.04. The molecule has 2 aromatic carbocycles. The molecule has 212 valence electrons. The number of benzene rings is 2. The zero-order chi connectivity index (χ0) is 29.0. The minimum atomic E-state index is -4.38. The van der Waals surface area contributed by atoms with Gasteiger partial charge in [-0.2, -0.15) is 0 Å². The number of carbonyl (C=O) groups is 3. The van der Waals surface area contributed by atoms with Gasteiger partial charge in [-0.1, -0.05) is 29.8 Å². The average Bonchev–Trinajstić information content (AvgIpc) is 2.94. The molecule has 0 unspecified atom stereocenters. The van der Waals surface area contributed by atoms with Gasteiger partial charge in [-0.25, -0.2) is 22.9 Å². The van der Waals surface area contributed by atoms with Crippen molar-refractivity contribution < 1.29 is 37.0 Å². The Bertz CT molecular complexity index is 1420. The van der Waals surface area contributed by atoms with Crippen molar-refractivity contribution in [3.05, 3.63) is 83.0 Å². The second-order valence-corrected chi connectivity index (χ2v) is 9.98. The van der Waals surface area contributed by atoms with Crippen LogP contribution in [-0.2, 0) is 14.8 Å². The van der Waals surface area contributed by atoms with E-state index in [0.29, 0.717) is 19.0 Å². The van der Waals surface area contributed by atoms with Crippen LogP contribution in [0.15, 0.2) is 71.8 Å². The Balaban J connectivity index is 1.57. The molecule has 0 saturated carbocycles. The van der Waals surface area contributed by atoms with Crippen molar-refractivity contribution in [3.8, 4) is 11.6 Å². The van der Waals surface area contributed by atoms with E-state index >= 15 is 0 Å². The van der Waals surface area contributed by atoms with E-state index in [1.807, 2.05) is 29.8 Å². The third kappa shape index (κ3) is 9.22. The average molecular weight is 591 g/mol. The van der Waals surface area contributed by atoms with E-state index in [1.165, 1.54) is 18.2 Å². The molecule has 1 heterocycles. The van der Waals surface area contributed by atoms with E-state index in [9.17, 15) is 22.8 Å². The number of sulfonamides is 1. The minimum absolute atomic E-state index is 0.0217. The van der Waals surface area contributed by atoms with E-state index in [2.05, 4.69) is 15.6 Å². The second kappa shape index (κ2) is 14.8. The van der Waals surface area contributed by atoms with Crippen molar-refractivity contribution in [2.24, 2.45) is 0 Å². The van der Waals surface area contributed by atoms with Gasteiger partial charge in [0.05, 0.1) is 34.2 Å². The first-order chi connectivity index (χ1) is 19.2. The number of amides is 3. The van der Waals surface area contributed by atoms with Crippen LogP contribution in [0.5, 0.6) is 11.6 Å². The molecule has 0 fully saturated rings. The fourth-order valence-corrected chi connectivity index (χ4v) is 4.31. The Labute approximate surface area is 236 Å². The summed E-state index contributed by atoms with van der Waals surface area (Å²) in [4.78, 5) is 40.4. The molecule has 0 saturated heterocycles. The van der Waals surface area contributed by atoms with Crippen LogP contribution in [-0.4, -0.2) is 64.2 Å². The number of ether oxygens (including phenoxy) is 3. The lowest BCUT2D eigenvalue weighted by atomic mass is 10.2. The van der Waals surface area contributed by atoms with E-state index in [0.717, 1.165) is 18.3 Å². The summed E-state index contributed by atoms with van der Waals surface area (Å²) in [5.74, 6) is -1.07. The molecule has 0 aliphatic heterocycles. The van der Waals surface area contributed by atoms with Gasteiger partial charge in [0, 0.05) is 25.4 Å². The Morgan fingerprint density at radius 3 is 2.38 bits per heavy atom. The minimum Gasteiger partial charge on any atom is -0.492 e.